The molecule has 7 N–H and O–H groups in total. The van der Waals surface area contributed by atoms with Crippen LogP contribution < -0.4 is 0 Å². The van der Waals surface area contributed by atoms with Crippen LogP contribution in [0.25, 0.3) is 0 Å². The van der Waals surface area contributed by atoms with Gasteiger partial charge in [-0.1, -0.05) is 6.07 Å². The summed E-state index contributed by atoms with van der Waals surface area (Å²) in [6.07, 6.45) is -6.84. The molecule has 4 unspecified atom stereocenters. The van der Waals surface area contributed by atoms with Gasteiger partial charge in [0.2, 0.25) is 0 Å². The lowest BCUT2D eigenvalue weighted by atomic mass is 10.0. The molecule has 20 heavy (non-hydrogen) atoms. The first kappa shape index (κ1) is 18.3. The fourth-order valence-corrected chi connectivity index (χ4v) is 1.11. The summed E-state index contributed by atoms with van der Waals surface area (Å²) >= 11 is 0. The summed E-state index contributed by atoms with van der Waals surface area (Å²) in [5.41, 5.74) is 0. The van der Waals surface area contributed by atoms with Crippen LogP contribution >= 0.6 is 0 Å². The van der Waals surface area contributed by atoms with Crippen molar-refractivity contribution >= 4 is 6.29 Å². The maximum atomic E-state index is 9.90. The molecule has 0 aliphatic heterocycles. The summed E-state index contributed by atoms with van der Waals surface area (Å²) in [6.45, 7) is -0.760. The SMILES string of the molecule is O=CC(O)C(O)C(O)C(O)CO.Oc1cccc(O)c1. The van der Waals surface area contributed by atoms with Gasteiger partial charge >= 0.3 is 0 Å². The van der Waals surface area contributed by atoms with Crippen molar-refractivity contribution in [2.45, 2.75) is 24.4 Å². The number of benzene rings is 1. The predicted octanol–water partition coefficient (Wildman–Crippen LogP) is -2.28. The third-order valence-electron chi connectivity index (χ3n) is 2.25. The molecule has 4 atom stereocenters. The van der Waals surface area contributed by atoms with Crippen LogP contribution in [0.5, 0.6) is 11.5 Å². The van der Waals surface area contributed by atoms with Crippen molar-refractivity contribution in [1.29, 1.82) is 0 Å². The molecule has 0 amide bonds. The third kappa shape index (κ3) is 6.45. The molecule has 0 aliphatic carbocycles. The summed E-state index contributed by atoms with van der Waals surface area (Å²) in [5.74, 6) is 0.176. The molecule has 0 saturated carbocycles. The highest BCUT2D eigenvalue weighted by Gasteiger charge is 2.29. The van der Waals surface area contributed by atoms with E-state index in [1.807, 2.05) is 0 Å². The Bertz CT molecular complexity index is 380. The molecule has 1 rings (SSSR count). The minimum absolute atomic E-state index is 0.0258. The van der Waals surface area contributed by atoms with E-state index in [0.29, 0.717) is 0 Å². The molecule has 1 aromatic rings. The fourth-order valence-electron chi connectivity index (χ4n) is 1.11. The van der Waals surface area contributed by atoms with Gasteiger partial charge in [-0.05, 0) is 12.1 Å². The molecule has 8 nitrogen and oxygen atoms in total. The van der Waals surface area contributed by atoms with E-state index in [2.05, 4.69) is 0 Å². The molecule has 0 aromatic heterocycles. The Morgan fingerprint density at radius 3 is 1.80 bits per heavy atom. The number of aromatic hydroxyl groups is 2. The number of hydrogen-bond acceptors (Lipinski definition) is 8. The molecule has 114 valence electrons. The number of phenolic OH excluding ortho intramolecular Hbond substituents is 2. The highest BCUT2D eigenvalue weighted by molar-refractivity contribution is 5.56. The Labute approximate surface area is 114 Å². The molecular formula is C12H18O8. The highest BCUT2D eigenvalue weighted by atomic mass is 16.4. The van der Waals surface area contributed by atoms with Crippen LogP contribution in [0.15, 0.2) is 24.3 Å². The topological polar surface area (TPSA) is 159 Å². The first-order chi connectivity index (χ1) is 9.33. The summed E-state index contributed by atoms with van der Waals surface area (Å²) < 4.78 is 0. The van der Waals surface area contributed by atoms with Crippen molar-refractivity contribution < 1.29 is 40.5 Å². The molecule has 8 heteroatoms. The van der Waals surface area contributed by atoms with E-state index in [9.17, 15) is 4.79 Å². The quantitative estimate of drug-likeness (QED) is 0.299. The lowest BCUT2D eigenvalue weighted by molar-refractivity contribution is -0.136. The van der Waals surface area contributed by atoms with Gasteiger partial charge in [-0.3, -0.25) is 0 Å². The minimum Gasteiger partial charge on any atom is -0.508 e. The van der Waals surface area contributed by atoms with Crippen molar-refractivity contribution in [1.82, 2.24) is 0 Å². The van der Waals surface area contributed by atoms with Crippen LogP contribution in [-0.2, 0) is 4.79 Å². The monoisotopic (exact) mass is 290 g/mol. The summed E-state index contributed by atoms with van der Waals surface area (Å²) in [7, 11) is 0. The number of aliphatic hydroxyl groups excluding tert-OH is 5. The highest BCUT2D eigenvalue weighted by Crippen LogP contribution is 2.14. The Morgan fingerprint density at radius 1 is 1.00 bits per heavy atom. The van der Waals surface area contributed by atoms with E-state index in [4.69, 9.17) is 35.7 Å². The van der Waals surface area contributed by atoms with Crippen molar-refractivity contribution in [2.75, 3.05) is 6.61 Å². The molecule has 0 saturated heterocycles. The van der Waals surface area contributed by atoms with Crippen LogP contribution in [0.2, 0.25) is 0 Å². The van der Waals surface area contributed by atoms with E-state index < -0.39 is 31.0 Å². The van der Waals surface area contributed by atoms with Crippen molar-refractivity contribution in [2.24, 2.45) is 0 Å². The van der Waals surface area contributed by atoms with Crippen LogP contribution in [0.4, 0.5) is 0 Å². The van der Waals surface area contributed by atoms with Crippen LogP contribution in [0, 0.1) is 0 Å². The largest absolute Gasteiger partial charge is 0.508 e. The summed E-state index contributed by atoms with van der Waals surface area (Å²) in [4.78, 5) is 9.90. The predicted molar refractivity (Wildman–Crippen MR) is 66.9 cm³/mol. The fraction of sp³-hybridized carbons (Fsp3) is 0.417. The zero-order chi connectivity index (χ0) is 15.7. The normalized spacial score (nSPS) is 16.2. The lowest BCUT2D eigenvalue weighted by Crippen LogP contribution is -2.46. The van der Waals surface area contributed by atoms with Gasteiger partial charge in [-0.2, -0.15) is 0 Å². The van der Waals surface area contributed by atoms with Gasteiger partial charge in [0.05, 0.1) is 6.61 Å². The standard InChI is InChI=1S/C6H12O6.C6H6O2/c7-1-3(9)5(11)6(12)4(10)2-8;7-5-2-1-3-6(8)4-5/h1,3-6,8-12H,2H2;1-4,7-8H. The molecular weight excluding hydrogens is 272 g/mol. The molecule has 0 fully saturated rings. The van der Waals surface area contributed by atoms with Crippen LogP contribution in [0.3, 0.4) is 0 Å². The average Bonchev–Trinajstić information content (AvgIpc) is 2.44. The molecule has 0 bridgehead atoms. The maximum absolute atomic E-state index is 9.90. The average molecular weight is 290 g/mol. The maximum Gasteiger partial charge on any atom is 0.151 e. The zero-order valence-corrected chi connectivity index (χ0v) is 10.4. The second-order valence-corrected chi connectivity index (χ2v) is 3.88. The van der Waals surface area contributed by atoms with Gasteiger partial charge in [0.25, 0.3) is 0 Å². The van der Waals surface area contributed by atoms with E-state index in [1.165, 1.54) is 18.2 Å². The summed E-state index contributed by atoms with van der Waals surface area (Å²) in [6, 6.07) is 5.85. The van der Waals surface area contributed by atoms with Gasteiger partial charge in [-0.15, -0.1) is 0 Å². The number of hydrogen-bond donors (Lipinski definition) is 7. The number of aldehydes is 1. The number of phenols is 2. The number of carbonyl (C=O) groups is 1. The second kappa shape index (κ2) is 9.23. The molecule has 0 aliphatic rings. The molecule has 0 heterocycles. The molecule has 0 spiro atoms. The van der Waals surface area contributed by atoms with Gasteiger partial charge in [0.15, 0.2) is 6.29 Å². The zero-order valence-electron chi connectivity index (χ0n) is 10.4. The van der Waals surface area contributed by atoms with E-state index in [-0.39, 0.29) is 17.8 Å². The second-order valence-electron chi connectivity index (χ2n) is 3.88. The summed E-state index contributed by atoms with van der Waals surface area (Å²) in [5, 5.41) is 60.8. The lowest BCUT2D eigenvalue weighted by Gasteiger charge is -2.22. The van der Waals surface area contributed by atoms with E-state index in [1.54, 1.807) is 6.07 Å². The van der Waals surface area contributed by atoms with E-state index >= 15 is 0 Å². The number of rotatable bonds is 5. The van der Waals surface area contributed by atoms with Crippen LogP contribution in [-0.4, -0.2) is 73.1 Å². The third-order valence-corrected chi connectivity index (χ3v) is 2.25. The van der Waals surface area contributed by atoms with Gasteiger partial charge in [-0.25, -0.2) is 0 Å². The smallest absolute Gasteiger partial charge is 0.151 e. The first-order valence-electron chi connectivity index (χ1n) is 5.59. The Balaban J connectivity index is 0.000000388. The molecule has 0 radical (unpaired) electrons. The van der Waals surface area contributed by atoms with Gasteiger partial charge in [0, 0.05) is 6.07 Å². The van der Waals surface area contributed by atoms with Crippen molar-refractivity contribution in [3.63, 3.8) is 0 Å². The van der Waals surface area contributed by atoms with Crippen LogP contribution in [0.1, 0.15) is 0 Å². The van der Waals surface area contributed by atoms with Crippen molar-refractivity contribution in [3.8, 4) is 11.5 Å². The van der Waals surface area contributed by atoms with Gasteiger partial charge in [0.1, 0.15) is 35.9 Å². The number of aliphatic hydroxyl groups is 5. The molecule has 1 aromatic carbocycles. The Hall–Kier alpha value is -1.71. The Morgan fingerprint density at radius 2 is 1.50 bits per heavy atom. The Kier molecular flexibility index (Phi) is 8.45. The first-order valence-corrected chi connectivity index (χ1v) is 5.59. The van der Waals surface area contributed by atoms with Gasteiger partial charge < -0.3 is 40.5 Å². The minimum atomic E-state index is -1.79. The number of carbonyl (C=O) groups excluding carboxylic acids is 1. The van der Waals surface area contributed by atoms with Crippen molar-refractivity contribution in [3.05, 3.63) is 24.3 Å². The van der Waals surface area contributed by atoms with E-state index in [0.717, 1.165) is 0 Å².